The van der Waals surface area contributed by atoms with Crippen LogP contribution in [0.3, 0.4) is 0 Å². The average molecular weight is 412 g/mol. The van der Waals surface area contributed by atoms with Gasteiger partial charge in [0.2, 0.25) is 0 Å². The zero-order chi connectivity index (χ0) is 20.6. The van der Waals surface area contributed by atoms with Crippen molar-refractivity contribution in [2.24, 2.45) is 23.2 Å². The molecule has 0 aromatic carbocycles. The second-order valence-electron chi connectivity index (χ2n) is 10.8. The van der Waals surface area contributed by atoms with Crippen molar-refractivity contribution in [3.05, 3.63) is 0 Å². The molecule has 4 bridgehead atoms. The zero-order valence-corrected chi connectivity index (χ0v) is 18.0. The first-order valence-electron chi connectivity index (χ1n) is 11.9. The normalized spacial score (nSPS) is 47.1. The Hall–Kier alpha value is -0.240. The highest BCUT2D eigenvalue weighted by molar-refractivity contribution is 5.01. The van der Waals surface area contributed by atoms with Crippen molar-refractivity contribution >= 4 is 0 Å². The van der Waals surface area contributed by atoms with Crippen LogP contribution in [0.25, 0.3) is 0 Å². The molecule has 4 N–H and O–H groups in total. The molecule has 0 aromatic rings. The first-order valence-corrected chi connectivity index (χ1v) is 11.9. The van der Waals surface area contributed by atoms with Crippen molar-refractivity contribution in [3.8, 4) is 0 Å². The number of likely N-dealkylation sites (tertiary alicyclic amines) is 1. The molecule has 29 heavy (non-hydrogen) atoms. The Labute approximate surface area is 175 Å². The lowest BCUT2D eigenvalue weighted by atomic mass is 9.50. The van der Waals surface area contributed by atoms with Gasteiger partial charge in [0.25, 0.3) is 0 Å². The summed E-state index contributed by atoms with van der Waals surface area (Å²) in [5.41, 5.74) is 0.486. The molecule has 0 aromatic heterocycles. The van der Waals surface area contributed by atoms with E-state index in [9.17, 15) is 20.4 Å². The van der Waals surface area contributed by atoms with Crippen LogP contribution in [-0.4, -0.2) is 82.6 Å². The van der Waals surface area contributed by atoms with Crippen LogP contribution in [0.1, 0.15) is 64.2 Å². The van der Waals surface area contributed by atoms with Crippen LogP contribution in [-0.2, 0) is 4.74 Å². The van der Waals surface area contributed by atoms with Gasteiger partial charge in [-0.25, -0.2) is 0 Å². The molecule has 168 valence electrons. The molecule has 5 aliphatic rings. The third-order valence-electron chi connectivity index (χ3n) is 8.58. The maximum absolute atomic E-state index is 10.3. The number of likely N-dealkylation sites (N-methyl/N-ethyl adjacent to an activating group) is 1. The first-order chi connectivity index (χ1) is 13.9. The predicted molar refractivity (Wildman–Crippen MR) is 110 cm³/mol. The SMILES string of the molecule is CN1[C@H](CO)[C@@H](O)[C@H](O)[C@@H](O)[C@@H]1CCCCCOCC12CC3CC(CC(C3)C1)C2. The van der Waals surface area contributed by atoms with Gasteiger partial charge in [0, 0.05) is 12.6 Å². The summed E-state index contributed by atoms with van der Waals surface area (Å²) in [6.07, 6.45) is 9.04. The van der Waals surface area contributed by atoms with Crippen LogP contribution in [0, 0.1) is 23.2 Å². The molecule has 5 fully saturated rings. The summed E-state index contributed by atoms with van der Waals surface area (Å²) in [5, 5.41) is 39.9. The molecular formula is C23H41NO5. The minimum Gasteiger partial charge on any atom is -0.395 e. The van der Waals surface area contributed by atoms with Crippen molar-refractivity contribution in [3.63, 3.8) is 0 Å². The Bertz CT molecular complexity index is 508. The van der Waals surface area contributed by atoms with E-state index < -0.39 is 24.4 Å². The fourth-order valence-corrected chi connectivity index (χ4v) is 7.49. The maximum atomic E-state index is 10.3. The third kappa shape index (κ3) is 4.53. The lowest BCUT2D eigenvalue weighted by Gasteiger charge is -2.56. The van der Waals surface area contributed by atoms with E-state index in [0.29, 0.717) is 5.41 Å². The number of ether oxygens (including phenoxy) is 1. The van der Waals surface area contributed by atoms with E-state index in [-0.39, 0.29) is 12.6 Å². The molecule has 5 rings (SSSR count). The van der Waals surface area contributed by atoms with Crippen molar-refractivity contribution in [1.29, 1.82) is 0 Å². The minimum atomic E-state index is -1.20. The van der Waals surface area contributed by atoms with E-state index in [2.05, 4.69) is 0 Å². The van der Waals surface area contributed by atoms with Crippen molar-refractivity contribution in [1.82, 2.24) is 4.90 Å². The molecule has 0 radical (unpaired) electrons. The van der Waals surface area contributed by atoms with Crippen molar-refractivity contribution in [2.75, 3.05) is 26.9 Å². The molecule has 5 atom stereocenters. The molecular weight excluding hydrogens is 370 g/mol. The lowest BCUT2D eigenvalue weighted by Crippen LogP contribution is -2.66. The number of hydrogen-bond donors (Lipinski definition) is 4. The van der Waals surface area contributed by atoms with Gasteiger partial charge in [-0.2, -0.15) is 0 Å². The van der Waals surface area contributed by atoms with Crippen LogP contribution in [0.15, 0.2) is 0 Å². The Morgan fingerprint density at radius 3 is 2.00 bits per heavy atom. The van der Waals surface area contributed by atoms with E-state index in [1.54, 1.807) is 7.05 Å². The summed E-state index contributed by atoms with van der Waals surface area (Å²) in [6, 6.07) is -0.763. The molecule has 6 nitrogen and oxygen atoms in total. The Kier molecular flexibility index (Phi) is 6.89. The van der Waals surface area contributed by atoms with Gasteiger partial charge < -0.3 is 25.2 Å². The second kappa shape index (κ2) is 9.09. The third-order valence-corrected chi connectivity index (χ3v) is 8.58. The number of hydrogen-bond acceptors (Lipinski definition) is 6. The highest BCUT2D eigenvalue weighted by atomic mass is 16.5. The maximum Gasteiger partial charge on any atom is 0.109 e. The number of rotatable bonds is 9. The molecule has 0 spiro atoms. The summed E-state index contributed by atoms with van der Waals surface area (Å²) in [7, 11) is 1.80. The van der Waals surface area contributed by atoms with Gasteiger partial charge in [-0.05, 0) is 81.6 Å². The van der Waals surface area contributed by atoms with Gasteiger partial charge in [0.1, 0.15) is 12.2 Å². The number of nitrogens with zero attached hydrogens (tertiary/aromatic N) is 1. The Morgan fingerprint density at radius 2 is 1.41 bits per heavy atom. The largest absolute Gasteiger partial charge is 0.395 e. The van der Waals surface area contributed by atoms with Gasteiger partial charge in [-0.15, -0.1) is 0 Å². The predicted octanol–water partition coefficient (Wildman–Crippen LogP) is 1.54. The molecule has 0 unspecified atom stereocenters. The quantitative estimate of drug-likeness (QED) is 0.430. The standard InChI is InChI=1S/C23H41NO5/c1-24-18(20(26)22(28)21(27)19(24)13-25)5-3-2-4-6-29-14-23-10-15-7-16(11-23)9-17(8-15)12-23/h15-22,25-28H,2-14H2,1H3/t15?,16?,17?,18-,19+,20-,21+,22+,23?/m0/s1. The minimum absolute atomic E-state index is 0.226. The number of unbranched alkanes of at least 4 members (excludes halogenated alkanes) is 2. The summed E-state index contributed by atoms with van der Waals surface area (Å²) >= 11 is 0. The molecule has 6 heteroatoms. The van der Waals surface area contributed by atoms with E-state index in [0.717, 1.165) is 56.7 Å². The summed E-state index contributed by atoms with van der Waals surface area (Å²) in [4.78, 5) is 1.82. The number of aliphatic hydroxyl groups is 4. The summed E-state index contributed by atoms with van der Waals surface area (Å²) in [6.45, 7) is 1.53. The first kappa shape index (κ1) is 22.0. The summed E-state index contributed by atoms with van der Waals surface area (Å²) in [5.74, 6) is 2.92. The highest BCUT2D eigenvalue weighted by Crippen LogP contribution is 2.60. The molecule has 4 saturated carbocycles. The Morgan fingerprint density at radius 1 is 0.828 bits per heavy atom. The van der Waals surface area contributed by atoms with Crippen LogP contribution >= 0.6 is 0 Å². The number of aliphatic hydroxyl groups excluding tert-OH is 4. The van der Waals surface area contributed by atoms with E-state index in [4.69, 9.17) is 4.74 Å². The van der Waals surface area contributed by atoms with Crippen LogP contribution < -0.4 is 0 Å². The van der Waals surface area contributed by atoms with Gasteiger partial charge in [0.05, 0.1) is 25.4 Å². The lowest BCUT2D eigenvalue weighted by molar-refractivity contribution is -0.165. The second-order valence-corrected chi connectivity index (χ2v) is 10.8. The molecule has 0 amide bonds. The molecule has 1 saturated heterocycles. The number of piperidine rings is 1. The van der Waals surface area contributed by atoms with Crippen molar-refractivity contribution < 1.29 is 25.2 Å². The topological polar surface area (TPSA) is 93.4 Å². The van der Waals surface area contributed by atoms with E-state index >= 15 is 0 Å². The monoisotopic (exact) mass is 411 g/mol. The fraction of sp³-hybridized carbons (Fsp3) is 1.00. The highest BCUT2D eigenvalue weighted by Gasteiger charge is 2.51. The van der Waals surface area contributed by atoms with Crippen LogP contribution in [0.5, 0.6) is 0 Å². The van der Waals surface area contributed by atoms with Gasteiger partial charge >= 0.3 is 0 Å². The average Bonchev–Trinajstić information content (AvgIpc) is 2.67. The Balaban J connectivity index is 1.13. The van der Waals surface area contributed by atoms with Gasteiger partial charge in [-0.3, -0.25) is 4.90 Å². The van der Waals surface area contributed by atoms with Crippen LogP contribution in [0.4, 0.5) is 0 Å². The van der Waals surface area contributed by atoms with Crippen LogP contribution in [0.2, 0.25) is 0 Å². The van der Waals surface area contributed by atoms with E-state index in [1.165, 1.54) is 38.5 Å². The van der Waals surface area contributed by atoms with Gasteiger partial charge in [0.15, 0.2) is 0 Å². The summed E-state index contributed by atoms with van der Waals surface area (Å²) < 4.78 is 6.15. The zero-order valence-electron chi connectivity index (χ0n) is 18.0. The molecule has 4 aliphatic carbocycles. The van der Waals surface area contributed by atoms with Gasteiger partial charge in [-0.1, -0.05) is 12.8 Å². The smallest absolute Gasteiger partial charge is 0.109 e. The van der Waals surface area contributed by atoms with Crippen molar-refractivity contribution in [2.45, 2.75) is 94.6 Å². The van der Waals surface area contributed by atoms with E-state index in [1.807, 2.05) is 4.90 Å². The molecule has 1 heterocycles. The fourth-order valence-electron chi connectivity index (χ4n) is 7.49. The molecule has 1 aliphatic heterocycles.